The Morgan fingerprint density at radius 1 is 0.862 bits per heavy atom. The van der Waals surface area contributed by atoms with Crippen molar-refractivity contribution in [3.8, 4) is 17.1 Å². The fourth-order valence-electron chi connectivity index (χ4n) is 3.63. The molecule has 0 spiro atoms. The van der Waals surface area contributed by atoms with E-state index in [0.29, 0.717) is 15.9 Å². The number of benzene rings is 3. The summed E-state index contributed by atoms with van der Waals surface area (Å²) in [6.45, 7) is 0. The lowest BCUT2D eigenvalue weighted by molar-refractivity contribution is 0.0662. The Balaban J connectivity index is 1.87. The van der Waals surface area contributed by atoms with Crippen molar-refractivity contribution in [2.24, 2.45) is 0 Å². The van der Waals surface area contributed by atoms with Gasteiger partial charge in [0.25, 0.3) is 0 Å². The smallest absolute Gasteiger partial charge is 0.371 e. The molecule has 3 aromatic carbocycles. The second-order valence-corrected chi connectivity index (χ2v) is 7.47. The fraction of sp³-hybridized carbons (Fsp3) is 0. The van der Waals surface area contributed by atoms with E-state index in [1.54, 1.807) is 18.2 Å². The van der Waals surface area contributed by atoms with Crippen LogP contribution in [0.2, 0.25) is 10.0 Å². The molecule has 0 bridgehead atoms. The summed E-state index contributed by atoms with van der Waals surface area (Å²) < 4.78 is 7.53. The van der Waals surface area contributed by atoms with Gasteiger partial charge in [0.05, 0.1) is 21.3 Å². The monoisotopic (exact) mass is 421 g/mol. The maximum absolute atomic E-state index is 11.3. The lowest BCUT2D eigenvalue weighted by Crippen LogP contribution is -1.96. The summed E-state index contributed by atoms with van der Waals surface area (Å²) in [5, 5.41) is 13.4. The third-order valence-electron chi connectivity index (χ3n) is 4.95. The molecule has 5 rings (SSSR count). The minimum Gasteiger partial charge on any atom is -0.475 e. The van der Waals surface area contributed by atoms with Crippen molar-refractivity contribution in [3.63, 3.8) is 0 Å². The molecule has 29 heavy (non-hydrogen) atoms. The van der Waals surface area contributed by atoms with Crippen LogP contribution in [0.3, 0.4) is 0 Å². The van der Waals surface area contributed by atoms with E-state index in [1.807, 2.05) is 34.9 Å². The van der Waals surface area contributed by atoms with Gasteiger partial charge in [-0.25, -0.2) is 4.79 Å². The highest BCUT2D eigenvalue weighted by molar-refractivity contribution is 6.42. The summed E-state index contributed by atoms with van der Waals surface area (Å²) in [7, 11) is 0. The van der Waals surface area contributed by atoms with Crippen molar-refractivity contribution in [1.82, 2.24) is 4.57 Å². The molecule has 0 atom stereocenters. The van der Waals surface area contributed by atoms with E-state index in [9.17, 15) is 9.90 Å². The molecule has 0 aliphatic carbocycles. The number of hydrogen-bond donors (Lipinski definition) is 1. The first-order valence-corrected chi connectivity index (χ1v) is 9.60. The fourth-order valence-corrected chi connectivity index (χ4v) is 3.93. The number of furan rings is 1. The van der Waals surface area contributed by atoms with E-state index in [4.69, 9.17) is 27.6 Å². The van der Waals surface area contributed by atoms with E-state index >= 15 is 0 Å². The molecule has 0 aliphatic heterocycles. The van der Waals surface area contributed by atoms with Crippen LogP contribution in [-0.4, -0.2) is 15.6 Å². The molecule has 0 unspecified atom stereocenters. The van der Waals surface area contributed by atoms with Gasteiger partial charge in [0.1, 0.15) is 0 Å². The first kappa shape index (κ1) is 17.9. The second kappa shape index (κ2) is 6.69. The van der Waals surface area contributed by atoms with Gasteiger partial charge in [0, 0.05) is 17.0 Å². The van der Waals surface area contributed by atoms with Crippen molar-refractivity contribution in [2.45, 2.75) is 0 Å². The highest BCUT2D eigenvalue weighted by Crippen LogP contribution is 2.37. The normalized spacial score (nSPS) is 11.4. The number of fused-ring (bicyclic) bond motifs is 3. The molecule has 1 N–H and O–H groups in total. The Labute approximate surface area is 175 Å². The summed E-state index contributed by atoms with van der Waals surface area (Å²) in [6, 6.07) is 22.7. The van der Waals surface area contributed by atoms with Crippen LogP contribution < -0.4 is 0 Å². The van der Waals surface area contributed by atoms with E-state index in [1.165, 1.54) is 6.07 Å². The molecule has 0 aliphatic rings. The minimum absolute atomic E-state index is 0.122. The Hall–Kier alpha value is -3.21. The number of carboxylic acid groups (broad SMARTS) is 1. The van der Waals surface area contributed by atoms with E-state index < -0.39 is 5.97 Å². The zero-order valence-electron chi connectivity index (χ0n) is 14.9. The SMILES string of the molecule is O=C(O)c1ccc(-n2c(-c3ccc(Cl)c(Cl)c3)cc3c4ccccc4ccc32)o1. The van der Waals surface area contributed by atoms with Gasteiger partial charge in [-0.15, -0.1) is 0 Å². The standard InChI is InChI=1S/C23H13Cl2NO3/c24-17-7-5-14(11-18(17)25)20-12-16-15-4-2-1-3-13(15)6-8-19(16)26(20)22-10-9-21(29-22)23(27)28/h1-12H,(H,27,28). The van der Waals surface area contributed by atoms with Gasteiger partial charge in [-0.05, 0) is 41.1 Å². The molecule has 0 saturated heterocycles. The molecule has 0 fully saturated rings. The highest BCUT2D eigenvalue weighted by atomic mass is 35.5. The Bertz CT molecular complexity index is 1410. The summed E-state index contributed by atoms with van der Waals surface area (Å²) in [5.74, 6) is -0.828. The average Bonchev–Trinajstić information content (AvgIpc) is 3.34. The highest BCUT2D eigenvalue weighted by Gasteiger charge is 2.19. The zero-order chi connectivity index (χ0) is 20.1. The molecule has 4 nitrogen and oxygen atoms in total. The van der Waals surface area contributed by atoms with Gasteiger partial charge in [0.2, 0.25) is 11.6 Å². The lowest BCUT2D eigenvalue weighted by atomic mass is 10.1. The number of nitrogens with zero attached hydrogens (tertiary/aromatic N) is 1. The van der Waals surface area contributed by atoms with Crippen molar-refractivity contribution in [3.05, 3.63) is 88.6 Å². The van der Waals surface area contributed by atoms with Crippen LogP contribution in [0.4, 0.5) is 0 Å². The lowest BCUT2D eigenvalue weighted by Gasteiger charge is -2.09. The molecule has 142 valence electrons. The van der Waals surface area contributed by atoms with Crippen LogP contribution >= 0.6 is 23.2 Å². The molecule has 0 saturated carbocycles. The second-order valence-electron chi connectivity index (χ2n) is 6.66. The summed E-state index contributed by atoms with van der Waals surface area (Å²) in [5.41, 5.74) is 2.56. The number of carbonyl (C=O) groups is 1. The predicted molar refractivity (Wildman–Crippen MR) is 115 cm³/mol. The van der Waals surface area contributed by atoms with Crippen molar-refractivity contribution in [2.75, 3.05) is 0 Å². The molecular weight excluding hydrogens is 409 g/mol. The minimum atomic E-state index is -1.12. The average molecular weight is 422 g/mol. The molecular formula is C23H13Cl2NO3. The summed E-state index contributed by atoms with van der Waals surface area (Å²) in [4.78, 5) is 11.3. The van der Waals surface area contributed by atoms with Crippen LogP contribution in [0, 0.1) is 0 Å². The maximum atomic E-state index is 11.3. The van der Waals surface area contributed by atoms with Gasteiger partial charge < -0.3 is 9.52 Å². The molecule has 2 aromatic heterocycles. The van der Waals surface area contributed by atoms with E-state index in [0.717, 1.165) is 32.9 Å². The van der Waals surface area contributed by atoms with Gasteiger partial charge in [-0.2, -0.15) is 0 Å². The first-order valence-electron chi connectivity index (χ1n) is 8.85. The van der Waals surface area contributed by atoms with Crippen molar-refractivity contribution in [1.29, 1.82) is 0 Å². The number of carboxylic acids is 1. The van der Waals surface area contributed by atoms with Crippen LogP contribution in [0.25, 0.3) is 38.8 Å². The van der Waals surface area contributed by atoms with E-state index in [2.05, 4.69) is 18.2 Å². The zero-order valence-corrected chi connectivity index (χ0v) is 16.4. The third kappa shape index (κ3) is 2.89. The number of aromatic nitrogens is 1. The Kier molecular flexibility index (Phi) is 4.12. The number of rotatable bonds is 3. The summed E-state index contributed by atoms with van der Waals surface area (Å²) >= 11 is 12.4. The van der Waals surface area contributed by atoms with E-state index in [-0.39, 0.29) is 5.76 Å². The Morgan fingerprint density at radius 3 is 2.45 bits per heavy atom. The van der Waals surface area contributed by atoms with Gasteiger partial charge in [-0.1, -0.05) is 59.6 Å². The van der Waals surface area contributed by atoms with Crippen LogP contribution in [0.15, 0.2) is 77.2 Å². The van der Waals surface area contributed by atoms with Crippen LogP contribution in [0.1, 0.15) is 10.6 Å². The summed E-state index contributed by atoms with van der Waals surface area (Å²) in [6.07, 6.45) is 0. The van der Waals surface area contributed by atoms with Crippen LogP contribution in [-0.2, 0) is 0 Å². The molecule has 2 heterocycles. The predicted octanol–water partition coefficient (Wildman–Crippen LogP) is 7.05. The third-order valence-corrected chi connectivity index (χ3v) is 5.69. The first-order chi connectivity index (χ1) is 14.0. The number of aromatic carboxylic acids is 1. The van der Waals surface area contributed by atoms with Crippen LogP contribution in [0.5, 0.6) is 0 Å². The Morgan fingerprint density at radius 2 is 1.69 bits per heavy atom. The topological polar surface area (TPSA) is 55.4 Å². The maximum Gasteiger partial charge on any atom is 0.371 e. The van der Waals surface area contributed by atoms with Crippen molar-refractivity contribution >= 4 is 50.8 Å². The molecule has 6 heteroatoms. The largest absolute Gasteiger partial charge is 0.475 e. The number of hydrogen-bond acceptors (Lipinski definition) is 2. The number of halogens is 2. The van der Waals surface area contributed by atoms with Gasteiger partial charge in [-0.3, -0.25) is 4.57 Å². The molecule has 5 aromatic rings. The molecule has 0 radical (unpaired) electrons. The molecule has 0 amide bonds. The van der Waals surface area contributed by atoms with Crippen molar-refractivity contribution < 1.29 is 14.3 Å². The van der Waals surface area contributed by atoms with Gasteiger partial charge in [0.15, 0.2) is 0 Å². The quantitative estimate of drug-likeness (QED) is 0.339. The van der Waals surface area contributed by atoms with Gasteiger partial charge >= 0.3 is 5.97 Å².